The summed E-state index contributed by atoms with van der Waals surface area (Å²) < 4.78 is 19.0. The molecule has 0 radical (unpaired) electrons. The summed E-state index contributed by atoms with van der Waals surface area (Å²) in [6.45, 7) is 5.66. The minimum Gasteiger partial charge on any atom is -0.472 e. The first-order valence-corrected chi connectivity index (χ1v) is 11.6. The molecule has 0 aliphatic heterocycles. The van der Waals surface area contributed by atoms with E-state index in [1.807, 2.05) is 37.5 Å². The Hall–Kier alpha value is -2.54. The second-order valence-electron chi connectivity index (χ2n) is 9.10. The molecule has 1 fully saturated rings. The fraction of sp³-hybridized carbons (Fsp3) is 0.500. The molecule has 3 aromatic rings. The highest BCUT2D eigenvalue weighted by molar-refractivity contribution is 7.21. The zero-order chi connectivity index (χ0) is 22.2. The summed E-state index contributed by atoms with van der Waals surface area (Å²) in [4.78, 5) is 25.6. The van der Waals surface area contributed by atoms with Crippen LogP contribution in [0.3, 0.4) is 0 Å². The van der Waals surface area contributed by atoms with E-state index in [0.717, 1.165) is 34.3 Å². The third-order valence-electron chi connectivity index (χ3n) is 5.70. The quantitative estimate of drug-likeness (QED) is 0.443. The van der Waals surface area contributed by atoms with Crippen LogP contribution >= 0.6 is 11.3 Å². The van der Waals surface area contributed by atoms with E-state index in [1.54, 1.807) is 12.5 Å². The second-order valence-corrected chi connectivity index (χ2v) is 10.2. The summed E-state index contributed by atoms with van der Waals surface area (Å²) in [6.07, 6.45) is 9.18. The van der Waals surface area contributed by atoms with Gasteiger partial charge in [0.1, 0.15) is 17.0 Å². The molecule has 4 rings (SSSR count). The highest BCUT2D eigenvalue weighted by Crippen LogP contribution is 2.47. The number of carbonyl (C=O) groups is 2. The summed E-state index contributed by atoms with van der Waals surface area (Å²) >= 11 is 1.46. The fourth-order valence-electron chi connectivity index (χ4n) is 4.42. The average Bonchev–Trinajstić information content (AvgIpc) is 3.44. The predicted molar refractivity (Wildman–Crippen MR) is 121 cm³/mol. The van der Waals surface area contributed by atoms with Crippen molar-refractivity contribution in [3.8, 4) is 11.3 Å². The maximum Gasteiger partial charge on any atom is 0.348 e. The van der Waals surface area contributed by atoms with Gasteiger partial charge in [-0.1, -0.05) is 19.3 Å². The second kappa shape index (κ2) is 8.54. The Kier molecular flexibility index (Phi) is 5.97. The van der Waals surface area contributed by atoms with Gasteiger partial charge in [-0.05, 0) is 57.2 Å². The molecule has 0 amide bonds. The van der Waals surface area contributed by atoms with E-state index in [9.17, 15) is 9.59 Å². The number of fused-ring (bicyclic) bond motifs is 1. The van der Waals surface area contributed by atoms with Crippen molar-refractivity contribution in [2.24, 2.45) is 0 Å². The summed E-state index contributed by atoms with van der Waals surface area (Å²) in [5.74, 6) is -0.287. The number of rotatable bonds is 5. The van der Waals surface area contributed by atoms with E-state index in [2.05, 4.69) is 0 Å². The third kappa shape index (κ3) is 4.42. The van der Waals surface area contributed by atoms with Gasteiger partial charge < -0.3 is 18.5 Å². The number of ether oxygens (including phenoxy) is 2. The lowest BCUT2D eigenvalue weighted by Crippen LogP contribution is -2.23. The van der Waals surface area contributed by atoms with Gasteiger partial charge in [-0.2, -0.15) is 0 Å². The highest BCUT2D eigenvalue weighted by Gasteiger charge is 2.31. The number of thiophene rings is 1. The molecule has 7 heteroatoms. The van der Waals surface area contributed by atoms with Crippen molar-refractivity contribution in [3.05, 3.63) is 35.1 Å². The predicted octanol–water partition coefficient (Wildman–Crippen LogP) is 6.14. The van der Waals surface area contributed by atoms with Crippen LogP contribution in [-0.2, 0) is 20.8 Å². The number of furan rings is 1. The normalized spacial score (nSPS) is 15.4. The molecule has 0 saturated heterocycles. The van der Waals surface area contributed by atoms with Crippen LogP contribution in [0.4, 0.5) is 0 Å². The topological polar surface area (TPSA) is 70.7 Å². The number of hydrogen-bond acceptors (Lipinski definition) is 6. The fourth-order valence-corrected chi connectivity index (χ4v) is 5.58. The molecule has 1 aliphatic carbocycles. The van der Waals surface area contributed by atoms with Crippen LogP contribution in [0.1, 0.15) is 74.0 Å². The van der Waals surface area contributed by atoms with E-state index in [4.69, 9.17) is 13.9 Å². The molecule has 31 heavy (non-hydrogen) atoms. The van der Waals surface area contributed by atoms with Crippen molar-refractivity contribution in [3.63, 3.8) is 0 Å². The summed E-state index contributed by atoms with van der Waals surface area (Å²) in [6, 6.07) is 3.78. The number of nitrogens with zero attached hydrogens (tertiary/aromatic N) is 1. The maximum atomic E-state index is 12.8. The van der Waals surface area contributed by atoms with E-state index < -0.39 is 5.60 Å². The Bertz CT molecular complexity index is 1080. The molecule has 6 nitrogen and oxygen atoms in total. The van der Waals surface area contributed by atoms with E-state index >= 15 is 0 Å². The Labute approximate surface area is 186 Å². The number of esters is 2. The first-order chi connectivity index (χ1) is 14.8. The molecule has 0 aromatic carbocycles. The molecule has 0 N–H and O–H groups in total. The van der Waals surface area contributed by atoms with Crippen molar-refractivity contribution in [1.82, 2.24) is 4.57 Å². The van der Waals surface area contributed by atoms with Crippen LogP contribution in [0.5, 0.6) is 0 Å². The summed E-state index contributed by atoms with van der Waals surface area (Å²) in [5, 5.41) is 0. The molecule has 166 valence electrons. The van der Waals surface area contributed by atoms with E-state index in [-0.39, 0.29) is 18.5 Å². The van der Waals surface area contributed by atoms with Crippen LogP contribution in [0.2, 0.25) is 0 Å². The van der Waals surface area contributed by atoms with Crippen molar-refractivity contribution >= 4 is 33.5 Å². The first-order valence-electron chi connectivity index (χ1n) is 10.8. The van der Waals surface area contributed by atoms with Crippen molar-refractivity contribution < 1.29 is 23.5 Å². The Morgan fingerprint density at radius 3 is 2.58 bits per heavy atom. The van der Waals surface area contributed by atoms with Gasteiger partial charge >= 0.3 is 11.9 Å². The Morgan fingerprint density at radius 2 is 1.97 bits per heavy atom. The molecule has 0 atom stereocenters. The zero-order valence-corrected chi connectivity index (χ0v) is 19.3. The lowest BCUT2D eigenvalue weighted by molar-refractivity contribution is -0.141. The number of aromatic nitrogens is 1. The maximum absolute atomic E-state index is 12.8. The molecular formula is C24H29NO5S. The van der Waals surface area contributed by atoms with Crippen LogP contribution < -0.4 is 0 Å². The van der Waals surface area contributed by atoms with Gasteiger partial charge in [0.2, 0.25) is 0 Å². The molecule has 0 unspecified atom stereocenters. The third-order valence-corrected chi connectivity index (χ3v) is 6.83. The Balaban J connectivity index is 1.92. The first kappa shape index (κ1) is 21.7. The minimum absolute atomic E-state index is 0.0741. The van der Waals surface area contributed by atoms with Crippen LogP contribution in [-0.4, -0.2) is 29.2 Å². The van der Waals surface area contributed by atoms with E-state index in [0.29, 0.717) is 10.8 Å². The van der Waals surface area contributed by atoms with Gasteiger partial charge in [0.05, 0.1) is 35.5 Å². The van der Waals surface area contributed by atoms with Crippen LogP contribution in [0.15, 0.2) is 29.1 Å². The highest BCUT2D eigenvalue weighted by atomic mass is 32.1. The summed E-state index contributed by atoms with van der Waals surface area (Å²) in [5.41, 5.74) is 3.43. The zero-order valence-electron chi connectivity index (χ0n) is 18.5. The van der Waals surface area contributed by atoms with Gasteiger partial charge in [-0.3, -0.25) is 4.79 Å². The molecule has 0 spiro atoms. The van der Waals surface area contributed by atoms with Crippen LogP contribution in [0, 0.1) is 0 Å². The standard InChI is InChI=1S/C24H29NO5S/c1-24(2,3)30-23(27)18-12-17-22(31-18)20(15-8-6-5-7-9-15)21(16-10-11-29-14-16)25(17)13-19(26)28-4/h10-12,14-15H,5-9,13H2,1-4H3. The van der Waals surface area contributed by atoms with Crippen molar-refractivity contribution in [1.29, 1.82) is 0 Å². The SMILES string of the molecule is COC(=O)Cn1c(-c2ccoc2)c(C2CCCCC2)c2sc(C(=O)OC(C)(C)C)cc21. The largest absolute Gasteiger partial charge is 0.472 e. The molecular weight excluding hydrogens is 414 g/mol. The lowest BCUT2D eigenvalue weighted by atomic mass is 9.83. The van der Waals surface area contributed by atoms with Gasteiger partial charge in [0.15, 0.2) is 0 Å². The molecule has 1 aliphatic rings. The van der Waals surface area contributed by atoms with Gasteiger partial charge in [0.25, 0.3) is 0 Å². The average molecular weight is 444 g/mol. The monoisotopic (exact) mass is 443 g/mol. The molecule has 3 heterocycles. The smallest absolute Gasteiger partial charge is 0.348 e. The van der Waals surface area contributed by atoms with Gasteiger partial charge in [-0.15, -0.1) is 11.3 Å². The van der Waals surface area contributed by atoms with Gasteiger partial charge in [-0.25, -0.2) is 4.79 Å². The minimum atomic E-state index is -0.568. The number of hydrogen-bond donors (Lipinski definition) is 0. The number of methoxy groups -OCH3 is 1. The molecule has 3 aromatic heterocycles. The summed E-state index contributed by atoms with van der Waals surface area (Å²) in [7, 11) is 1.39. The van der Waals surface area contributed by atoms with Crippen LogP contribution in [0.25, 0.3) is 21.5 Å². The Morgan fingerprint density at radius 1 is 1.23 bits per heavy atom. The molecule has 1 saturated carbocycles. The van der Waals surface area contributed by atoms with E-state index in [1.165, 1.54) is 43.3 Å². The lowest BCUT2D eigenvalue weighted by Gasteiger charge is -2.23. The number of carbonyl (C=O) groups excluding carboxylic acids is 2. The molecule has 0 bridgehead atoms. The van der Waals surface area contributed by atoms with Crippen molar-refractivity contribution in [2.45, 2.75) is 70.9 Å². The van der Waals surface area contributed by atoms with Gasteiger partial charge in [0, 0.05) is 5.56 Å². The van der Waals surface area contributed by atoms with Crippen molar-refractivity contribution in [2.75, 3.05) is 7.11 Å².